The van der Waals surface area contributed by atoms with Crippen molar-refractivity contribution in [3.05, 3.63) is 45.8 Å². The minimum atomic E-state index is -0.515. The standard InChI is InChI=1S/C22H29N3O4S2/c1-7-25(8-2)20(26)18-13(3)17(21(27)29-6)19(31-18)24-22(30)23-14(4)15-10-9-11-16(12-15)28-5/h9-12,14H,7-8H2,1-6H3,(H2,23,24,30). The number of thiocarbonyl (C=S) groups is 1. The third kappa shape index (κ3) is 5.74. The molecule has 1 heterocycles. The molecule has 31 heavy (non-hydrogen) atoms. The number of methoxy groups -OCH3 is 2. The molecule has 0 bridgehead atoms. The fraction of sp³-hybridized carbons (Fsp3) is 0.409. The Morgan fingerprint density at radius 2 is 1.90 bits per heavy atom. The molecule has 0 saturated carbocycles. The summed E-state index contributed by atoms with van der Waals surface area (Å²) in [5.41, 5.74) is 1.90. The van der Waals surface area contributed by atoms with Gasteiger partial charge in [0.1, 0.15) is 10.8 Å². The van der Waals surface area contributed by atoms with E-state index in [4.69, 9.17) is 21.7 Å². The van der Waals surface area contributed by atoms with E-state index in [1.807, 2.05) is 45.0 Å². The Balaban J connectivity index is 2.28. The summed E-state index contributed by atoms with van der Waals surface area (Å²) in [5, 5.41) is 7.11. The molecule has 1 unspecified atom stereocenters. The lowest BCUT2D eigenvalue weighted by Gasteiger charge is -2.18. The van der Waals surface area contributed by atoms with Gasteiger partial charge in [0.25, 0.3) is 5.91 Å². The van der Waals surface area contributed by atoms with E-state index in [2.05, 4.69) is 10.6 Å². The highest BCUT2D eigenvalue weighted by molar-refractivity contribution is 7.80. The van der Waals surface area contributed by atoms with E-state index in [9.17, 15) is 9.59 Å². The van der Waals surface area contributed by atoms with Crippen molar-refractivity contribution in [2.75, 3.05) is 32.6 Å². The van der Waals surface area contributed by atoms with Crippen LogP contribution in [0.4, 0.5) is 5.00 Å². The van der Waals surface area contributed by atoms with Gasteiger partial charge in [-0.05, 0) is 63.2 Å². The summed E-state index contributed by atoms with van der Waals surface area (Å²) in [6.07, 6.45) is 0. The first kappa shape index (κ1) is 24.6. The molecule has 1 aromatic carbocycles. The molecule has 9 heteroatoms. The summed E-state index contributed by atoms with van der Waals surface area (Å²) in [5.74, 6) is 0.124. The van der Waals surface area contributed by atoms with Crippen LogP contribution < -0.4 is 15.4 Å². The maximum atomic E-state index is 12.9. The molecule has 0 aliphatic carbocycles. The van der Waals surface area contributed by atoms with Gasteiger partial charge in [0.15, 0.2) is 5.11 Å². The second kappa shape index (κ2) is 11.1. The van der Waals surface area contributed by atoms with Crippen molar-refractivity contribution in [3.63, 3.8) is 0 Å². The number of esters is 1. The minimum absolute atomic E-state index is 0.102. The normalized spacial score (nSPS) is 11.4. The monoisotopic (exact) mass is 463 g/mol. The molecule has 0 spiro atoms. The van der Waals surface area contributed by atoms with E-state index >= 15 is 0 Å². The van der Waals surface area contributed by atoms with Crippen LogP contribution in [-0.2, 0) is 4.74 Å². The molecule has 0 fully saturated rings. The van der Waals surface area contributed by atoms with Gasteiger partial charge in [0.2, 0.25) is 0 Å². The average molecular weight is 464 g/mol. The van der Waals surface area contributed by atoms with Crippen molar-refractivity contribution >= 4 is 45.5 Å². The second-order valence-corrected chi connectivity index (χ2v) is 8.25. The second-order valence-electron chi connectivity index (χ2n) is 6.83. The lowest BCUT2D eigenvalue weighted by atomic mass is 10.1. The highest BCUT2D eigenvalue weighted by Crippen LogP contribution is 2.34. The van der Waals surface area contributed by atoms with Gasteiger partial charge in [0, 0.05) is 13.1 Å². The predicted molar refractivity (Wildman–Crippen MR) is 128 cm³/mol. The Labute approximate surface area is 192 Å². The van der Waals surface area contributed by atoms with Crippen molar-refractivity contribution < 1.29 is 19.1 Å². The fourth-order valence-electron chi connectivity index (χ4n) is 3.14. The summed E-state index contributed by atoms with van der Waals surface area (Å²) in [4.78, 5) is 27.6. The van der Waals surface area contributed by atoms with Gasteiger partial charge >= 0.3 is 5.97 Å². The first-order chi connectivity index (χ1) is 14.8. The molecule has 0 aliphatic rings. The van der Waals surface area contributed by atoms with Crippen molar-refractivity contribution in [1.29, 1.82) is 0 Å². The third-order valence-corrected chi connectivity index (χ3v) is 6.36. The van der Waals surface area contributed by atoms with Crippen molar-refractivity contribution in [2.45, 2.75) is 33.7 Å². The summed E-state index contributed by atoms with van der Waals surface area (Å²) >= 11 is 6.68. The zero-order valence-electron chi connectivity index (χ0n) is 18.7. The Hall–Kier alpha value is -2.65. The van der Waals surface area contributed by atoms with Crippen molar-refractivity contribution in [1.82, 2.24) is 10.2 Å². The van der Waals surface area contributed by atoms with E-state index in [-0.39, 0.29) is 11.9 Å². The van der Waals surface area contributed by atoms with Crippen LogP contribution in [0, 0.1) is 6.92 Å². The number of rotatable bonds is 8. The number of carbonyl (C=O) groups is 2. The highest BCUT2D eigenvalue weighted by atomic mass is 32.1. The van der Waals surface area contributed by atoms with E-state index < -0.39 is 5.97 Å². The molecular formula is C22H29N3O4S2. The Morgan fingerprint density at radius 3 is 2.48 bits per heavy atom. The quantitative estimate of drug-likeness (QED) is 0.444. The van der Waals surface area contributed by atoms with Crippen LogP contribution >= 0.6 is 23.6 Å². The van der Waals surface area contributed by atoms with Crippen LogP contribution in [0.5, 0.6) is 5.75 Å². The van der Waals surface area contributed by atoms with Crippen LogP contribution in [0.15, 0.2) is 24.3 Å². The number of nitrogens with zero attached hydrogens (tertiary/aromatic N) is 1. The average Bonchev–Trinajstić information content (AvgIpc) is 3.09. The molecule has 2 N–H and O–H groups in total. The van der Waals surface area contributed by atoms with Gasteiger partial charge in [0.05, 0.1) is 30.7 Å². The maximum Gasteiger partial charge on any atom is 0.341 e. The molecule has 0 saturated heterocycles. The van der Waals surface area contributed by atoms with Gasteiger partial charge in [-0.1, -0.05) is 12.1 Å². The molecule has 1 aromatic heterocycles. The fourth-order valence-corrected chi connectivity index (χ4v) is 4.65. The zero-order chi connectivity index (χ0) is 23.1. The van der Waals surface area contributed by atoms with E-state index in [1.165, 1.54) is 18.4 Å². The smallest absolute Gasteiger partial charge is 0.341 e. The lowest BCUT2D eigenvalue weighted by molar-refractivity contribution is 0.0601. The van der Waals surface area contributed by atoms with Crippen LogP contribution in [0.2, 0.25) is 0 Å². The topological polar surface area (TPSA) is 79.9 Å². The van der Waals surface area contributed by atoms with Gasteiger partial charge < -0.3 is 25.0 Å². The number of nitrogens with one attached hydrogen (secondary N) is 2. The van der Waals surface area contributed by atoms with Crippen LogP contribution in [0.3, 0.4) is 0 Å². The SMILES string of the molecule is CCN(CC)C(=O)c1sc(NC(=S)NC(C)c2cccc(OC)c2)c(C(=O)OC)c1C. The number of hydrogen-bond acceptors (Lipinski definition) is 6. The molecule has 1 atom stereocenters. The van der Waals surface area contributed by atoms with Gasteiger partial charge in [-0.15, -0.1) is 11.3 Å². The van der Waals surface area contributed by atoms with E-state index in [0.29, 0.717) is 39.2 Å². The number of ether oxygens (including phenoxy) is 2. The molecule has 2 aromatic rings. The van der Waals surface area contributed by atoms with Crippen molar-refractivity contribution in [2.24, 2.45) is 0 Å². The third-order valence-electron chi connectivity index (χ3n) is 4.95. The number of benzene rings is 1. The van der Waals surface area contributed by atoms with Gasteiger partial charge in [-0.25, -0.2) is 4.79 Å². The number of thiophene rings is 1. The summed E-state index contributed by atoms with van der Waals surface area (Å²) in [6.45, 7) is 8.73. The molecule has 168 valence electrons. The van der Waals surface area contributed by atoms with Crippen LogP contribution in [0.25, 0.3) is 0 Å². The maximum absolute atomic E-state index is 12.9. The summed E-state index contributed by atoms with van der Waals surface area (Å²) in [7, 11) is 2.94. The summed E-state index contributed by atoms with van der Waals surface area (Å²) < 4.78 is 10.2. The zero-order valence-corrected chi connectivity index (χ0v) is 20.3. The van der Waals surface area contributed by atoms with E-state index in [1.54, 1.807) is 18.9 Å². The molecule has 0 radical (unpaired) electrons. The Bertz CT molecular complexity index is 954. The van der Waals surface area contributed by atoms with Gasteiger partial charge in [-0.3, -0.25) is 4.79 Å². The molecule has 7 nitrogen and oxygen atoms in total. The first-order valence-electron chi connectivity index (χ1n) is 9.99. The number of carbonyl (C=O) groups excluding carboxylic acids is 2. The largest absolute Gasteiger partial charge is 0.497 e. The molecular weight excluding hydrogens is 434 g/mol. The first-order valence-corrected chi connectivity index (χ1v) is 11.2. The van der Waals surface area contributed by atoms with Crippen LogP contribution in [0.1, 0.15) is 58.0 Å². The highest BCUT2D eigenvalue weighted by Gasteiger charge is 2.27. The van der Waals surface area contributed by atoms with Crippen LogP contribution in [-0.4, -0.2) is 49.2 Å². The number of anilines is 1. The van der Waals surface area contributed by atoms with E-state index in [0.717, 1.165) is 11.3 Å². The van der Waals surface area contributed by atoms with Gasteiger partial charge in [-0.2, -0.15) is 0 Å². The minimum Gasteiger partial charge on any atom is -0.497 e. The Kier molecular flexibility index (Phi) is 8.82. The van der Waals surface area contributed by atoms with Crippen molar-refractivity contribution in [3.8, 4) is 5.75 Å². The molecule has 1 amide bonds. The molecule has 0 aliphatic heterocycles. The summed E-state index contributed by atoms with van der Waals surface area (Å²) in [6, 6.07) is 7.58. The Morgan fingerprint density at radius 1 is 1.23 bits per heavy atom. The number of hydrogen-bond donors (Lipinski definition) is 2. The molecule has 2 rings (SSSR count). The predicted octanol–water partition coefficient (Wildman–Crippen LogP) is 4.38. The lowest BCUT2D eigenvalue weighted by Crippen LogP contribution is -2.31. The number of amides is 1.